The van der Waals surface area contributed by atoms with E-state index in [9.17, 15) is 0 Å². The summed E-state index contributed by atoms with van der Waals surface area (Å²) in [7, 11) is 0. The van der Waals surface area contributed by atoms with E-state index < -0.39 is 0 Å². The molecule has 0 saturated carbocycles. The van der Waals surface area contributed by atoms with E-state index in [1.54, 1.807) is 11.3 Å². The Labute approximate surface area is 80.4 Å². The molecular formula is C9H10N2OS. The Kier molecular flexibility index (Phi) is 2.40. The van der Waals surface area contributed by atoms with Crippen molar-refractivity contribution in [2.45, 2.75) is 19.8 Å². The van der Waals surface area contributed by atoms with Crippen LogP contribution in [0.15, 0.2) is 22.0 Å². The third-order valence-electron chi connectivity index (χ3n) is 1.74. The molecule has 0 aliphatic carbocycles. The molecule has 13 heavy (non-hydrogen) atoms. The van der Waals surface area contributed by atoms with Gasteiger partial charge in [-0.3, -0.25) is 0 Å². The molecule has 0 atom stereocenters. The predicted octanol–water partition coefficient (Wildman–Crippen LogP) is 2.22. The molecule has 0 N–H and O–H groups in total. The van der Waals surface area contributed by atoms with Gasteiger partial charge in [-0.25, -0.2) is 0 Å². The summed E-state index contributed by atoms with van der Waals surface area (Å²) in [5.74, 6) is 1.44. The molecule has 0 saturated heterocycles. The highest BCUT2D eigenvalue weighted by atomic mass is 32.1. The monoisotopic (exact) mass is 194 g/mol. The molecule has 0 radical (unpaired) electrons. The van der Waals surface area contributed by atoms with Crippen molar-refractivity contribution in [2.24, 2.45) is 0 Å². The summed E-state index contributed by atoms with van der Waals surface area (Å²) >= 11 is 1.76. The summed E-state index contributed by atoms with van der Waals surface area (Å²) in [6.07, 6.45) is 1.82. The van der Waals surface area contributed by atoms with Gasteiger partial charge >= 0.3 is 0 Å². The molecule has 0 spiro atoms. The molecule has 0 bridgehead atoms. The fourth-order valence-electron chi connectivity index (χ4n) is 1.13. The first-order chi connectivity index (χ1) is 6.34. The number of rotatable bonds is 3. The van der Waals surface area contributed by atoms with Crippen LogP contribution in [-0.4, -0.2) is 10.1 Å². The molecule has 0 amide bonds. The van der Waals surface area contributed by atoms with Gasteiger partial charge in [0.2, 0.25) is 5.89 Å². The molecule has 2 aromatic rings. The van der Waals surface area contributed by atoms with Gasteiger partial charge in [0.05, 0.1) is 0 Å². The lowest BCUT2D eigenvalue weighted by atomic mass is 10.3. The Bertz CT molecular complexity index is 367. The fraction of sp³-hybridized carbons (Fsp3) is 0.333. The predicted molar refractivity (Wildman–Crippen MR) is 50.8 cm³/mol. The van der Waals surface area contributed by atoms with Gasteiger partial charge in [-0.15, -0.1) is 11.3 Å². The minimum Gasteiger partial charge on any atom is -0.339 e. The Morgan fingerprint density at radius 3 is 3.00 bits per heavy atom. The van der Waals surface area contributed by atoms with Crippen LogP contribution in [0.1, 0.15) is 16.6 Å². The maximum atomic E-state index is 5.01. The quantitative estimate of drug-likeness (QED) is 0.752. The highest BCUT2D eigenvalue weighted by molar-refractivity contribution is 7.09. The van der Waals surface area contributed by atoms with Crippen molar-refractivity contribution in [3.63, 3.8) is 0 Å². The van der Waals surface area contributed by atoms with Crippen molar-refractivity contribution in [3.8, 4) is 0 Å². The summed E-state index contributed by atoms with van der Waals surface area (Å²) in [4.78, 5) is 5.49. The van der Waals surface area contributed by atoms with E-state index in [1.807, 2.05) is 6.92 Å². The third-order valence-corrected chi connectivity index (χ3v) is 2.67. The highest BCUT2D eigenvalue weighted by Gasteiger charge is 2.02. The Balaban J connectivity index is 1.93. The average Bonchev–Trinajstić information content (AvgIpc) is 2.71. The number of hydrogen-bond donors (Lipinski definition) is 0. The van der Waals surface area contributed by atoms with Crippen LogP contribution in [0.25, 0.3) is 0 Å². The van der Waals surface area contributed by atoms with Gasteiger partial charge in [-0.2, -0.15) is 4.98 Å². The van der Waals surface area contributed by atoms with Crippen molar-refractivity contribution in [1.82, 2.24) is 10.1 Å². The molecule has 0 aliphatic heterocycles. The molecule has 3 nitrogen and oxygen atoms in total. The van der Waals surface area contributed by atoms with Crippen molar-refractivity contribution >= 4 is 11.3 Å². The highest BCUT2D eigenvalue weighted by Crippen LogP contribution is 2.11. The second-order valence-electron chi connectivity index (χ2n) is 2.81. The first kappa shape index (κ1) is 8.44. The Morgan fingerprint density at radius 2 is 2.38 bits per heavy atom. The minimum atomic E-state index is 0.709. The average molecular weight is 194 g/mol. The summed E-state index contributed by atoms with van der Waals surface area (Å²) < 4.78 is 5.01. The van der Waals surface area contributed by atoms with Crippen LogP contribution >= 0.6 is 11.3 Å². The largest absolute Gasteiger partial charge is 0.339 e. The van der Waals surface area contributed by atoms with Gasteiger partial charge in [0.1, 0.15) is 0 Å². The van der Waals surface area contributed by atoms with Crippen molar-refractivity contribution in [2.75, 3.05) is 0 Å². The molecular weight excluding hydrogens is 184 g/mol. The van der Waals surface area contributed by atoms with E-state index in [4.69, 9.17) is 4.52 Å². The second-order valence-corrected chi connectivity index (χ2v) is 3.85. The summed E-state index contributed by atoms with van der Waals surface area (Å²) in [5, 5.41) is 5.81. The van der Waals surface area contributed by atoms with Gasteiger partial charge in [-0.05, 0) is 24.8 Å². The SMILES string of the molecule is Cc1noc(CCc2cccs2)n1. The summed E-state index contributed by atoms with van der Waals surface area (Å²) in [6.45, 7) is 1.83. The fourth-order valence-corrected chi connectivity index (χ4v) is 1.84. The van der Waals surface area contributed by atoms with Crippen LogP contribution < -0.4 is 0 Å². The maximum Gasteiger partial charge on any atom is 0.226 e. The molecule has 4 heteroatoms. The minimum absolute atomic E-state index is 0.709. The zero-order chi connectivity index (χ0) is 9.10. The molecule has 0 unspecified atom stereocenters. The summed E-state index contributed by atoms with van der Waals surface area (Å²) in [5.41, 5.74) is 0. The maximum absolute atomic E-state index is 5.01. The van der Waals surface area contributed by atoms with Crippen molar-refractivity contribution < 1.29 is 4.52 Å². The van der Waals surface area contributed by atoms with Crippen LogP contribution in [0.4, 0.5) is 0 Å². The van der Waals surface area contributed by atoms with E-state index in [0.717, 1.165) is 18.7 Å². The van der Waals surface area contributed by atoms with E-state index in [1.165, 1.54) is 4.88 Å². The lowest BCUT2D eigenvalue weighted by Gasteiger charge is -1.90. The Hall–Kier alpha value is -1.16. The van der Waals surface area contributed by atoms with Crippen LogP contribution in [-0.2, 0) is 12.8 Å². The van der Waals surface area contributed by atoms with Gasteiger partial charge in [-0.1, -0.05) is 11.2 Å². The topological polar surface area (TPSA) is 38.9 Å². The zero-order valence-electron chi connectivity index (χ0n) is 7.36. The summed E-state index contributed by atoms with van der Waals surface area (Å²) in [6, 6.07) is 4.17. The lowest BCUT2D eigenvalue weighted by Crippen LogP contribution is -1.88. The molecule has 2 rings (SSSR count). The molecule has 0 aliphatic rings. The standard InChI is InChI=1S/C9H10N2OS/c1-7-10-9(12-11-7)5-4-8-3-2-6-13-8/h2-3,6H,4-5H2,1H3. The normalized spacial score (nSPS) is 10.5. The van der Waals surface area contributed by atoms with Crippen molar-refractivity contribution in [3.05, 3.63) is 34.1 Å². The number of aryl methyl sites for hydroxylation is 3. The number of thiophene rings is 1. The third kappa shape index (κ3) is 2.15. The van der Waals surface area contributed by atoms with Gasteiger partial charge in [0.15, 0.2) is 5.82 Å². The van der Waals surface area contributed by atoms with E-state index >= 15 is 0 Å². The zero-order valence-corrected chi connectivity index (χ0v) is 8.17. The molecule has 2 aromatic heterocycles. The second kappa shape index (κ2) is 3.70. The van der Waals surface area contributed by atoms with E-state index in [0.29, 0.717) is 5.82 Å². The Morgan fingerprint density at radius 1 is 1.46 bits per heavy atom. The first-order valence-electron chi connectivity index (χ1n) is 4.16. The smallest absolute Gasteiger partial charge is 0.226 e. The molecule has 2 heterocycles. The van der Waals surface area contributed by atoms with E-state index in [2.05, 4.69) is 27.7 Å². The first-order valence-corrected chi connectivity index (χ1v) is 5.04. The van der Waals surface area contributed by atoms with Crippen molar-refractivity contribution in [1.29, 1.82) is 0 Å². The molecule has 68 valence electrons. The van der Waals surface area contributed by atoms with Crippen LogP contribution in [0, 0.1) is 6.92 Å². The van der Waals surface area contributed by atoms with Crippen LogP contribution in [0.5, 0.6) is 0 Å². The van der Waals surface area contributed by atoms with Gasteiger partial charge in [0, 0.05) is 11.3 Å². The van der Waals surface area contributed by atoms with Gasteiger partial charge in [0.25, 0.3) is 0 Å². The number of aromatic nitrogens is 2. The van der Waals surface area contributed by atoms with Crippen LogP contribution in [0.3, 0.4) is 0 Å². The van der Waals surface area contributed by atoms with Gasteiger partial charge < -0.3 is 4.52 Å². The van der Waals surface area contributed by atoms with Crippen LogP contribution in [0.2, 0.25) is 0 Å². The lowest BCUT2D eigenvalue weighted by molar-refractivity contribution is 0.375. The number of nitrogens with zero attached hydrogens (tertiary/aromatic N) is 2. The molecule has 0 fully saturated rings. The molecule has 0 aromatic carbocycles. The van der Waals surface area contributed by atoms with E-state index in [-0.39, 0.29) is 0 Å². The number of hydrogen-bond acceptors (Lipinski definition) is 4.